The lowest BCUT2D eigenvalue weighted by atomic mass is 10.1. The first kappa shape index (κ1) is 13.8. The molecule has 0 spiro atoms. The third-order valence-electron chi connectivity index (χ3n) is 2.03. The van der Waals surface area contributed by atoms with Gasteiger partial charge in [0.1, 0.15) is 4.88 Å². The van der Waals surface area contributed by atoms with E-state index in [4.69, 9.17) is 23.2 Å². The molecule has 1 aromatic heterocycles. The first-order valence-electron chi connectivity index (χ1n) is 5.16. The lowest BCUT2D eigenvalue weighted by Gasteiger charge is -2.12. The first-order valence-corrected chi connectivity index (χ1v) is 6.85. The SMILES string of the molecule is CC(C)CC(Cl)CNC(=O)c1sccc1Cl. The van der Waals surface area contributed by atoms with Crippen molar-refractivity contribution in [2.45, 2.75) is 25.6 Å². The Hall–Kier alpha value is -0.250. The number of amides is 1. The number of carbonyl (C=O) groups is 1. The van der Waals surface area contributed by atoms with E-state index in [1.165, 1.54) is 11.3 Å². The van der Waals surface area contributed by atoms with E-state index in [2.05, 4.69) is 19.2 Å². The monoisotopic (exact) mass is 279 g/mol. The third-order valence-corrected chi connectivity index (χ3v) is 3.71. The molecular weight excluding hydrogens is 265 g/mol. The molecule has 1 unspecified atom stereocenters. The van der Waals surface area contributed by atoms with Crippen LogP contribution in [0.2, 0.25) is 5.02 Å². The molecule has 1 amide bonds. The normalized spacial score (nSPS) is 12.8. The van der Waals surface area contributed by atoms with Gasteiger partial charge in [0.15, 0.2) is 0 Å². The second-order valence-electron chi connectivity index (χ2n) is 4.03. The van der Waals surface area contributed by atoms with Crippen molar-refractivity contribution in [3.05, 3.63) is 21.3 Å². The van der Waals surface area contributed by atoms with Gasteiger partial charge in [-0.15, -0.1) is 22.9 Å². The molecule has 0 aliphatic rings. The van der Waals surface area contributed by atoms with Crippen LogP contribution in [0.15, 0.2) is 11.4 Å². The van der Waals surface area contributed by atoms with Gasteiger partial charge in [0.05, 0.1) is 10.4 Å². The predicted molar refractivity (Wildman–Crippen MR) is 70.8 cm³/mol. The standard InChI is InChI=1S/C11H15Cl2NOS/c1-7(2)5-8(12)6-14-11(15)10-9(13)3-4-16-10/h3-4,7-8H,5-6H2,1-2H3,(H,14,15). The highest BCUT2D eigenvalue weighted by Crippen LogP contribution is 2.21. The molecular formula is C11H15Cl2NOS. The molecule has 0 bridgehead atoms. The molecule has 2 nitrogen and oxygen atoms in total. The number of halogens is 2. The Morgan fingerprint density at radius 3 is 2.75 bits per heavy atom. The van der Waals surface area contributed by atoms with Gasteiger partial charge < -0.3 is 5.32 Å². The van der Waals surface area contributed by atoms with Gasteiger partial charge in [-0.25, -0.2) is 0 Å². The van der Waals surface area contributed by atoms with E-state index in [1.807, 2.05) is 0 Å². The molecule has 1 atom stereocenters. The summed E-state index contributed by atoms with van der Waals surface area (Å²) in [5.74, 6) is 0.388. The van der Waals surface area contributed by atoms with Gasteiger partial charge in [-0.3, -0.25) is 4.79 Å². The lowest BCUT2D eigenvalue weighted by Crippen LogP contribution is -2.29. The number of hydrogen-bond donors (Lipinski definition) is 1. The van der Waals surface area contributed by atoms with E-state index >= 15 is 0 Å². The van der Waals surface area contributed by atoms with Crippen LogP contribution in [0.25, 0.3) is 0 Å². The fraction of sp³-hybridized carbons (Fsp3) is 0.545. The maximum absolute atomic E-state index is 11.7. The molecule has 0 saturated carbocycles. The number of thiophene rings is 1. The molecule has 0 fully saturated rings. The summed E-state index contributed by atoms with van der Waals surface area (Å²) in [6.07, 6.45) is 0.889. The van der Waals surface area contributed by atoms with Gasteiger partial charge in [-0.2, -0.15) is 0 Å². The molecule has 16 heavy (non-hydrogen) atoms. The minimum atomic E-state index is -0.144. The molecule has 1 aromatic rings. The van der Waals surface area contributed by atoms with Crippen LogP contribution in [0.4, 0.5) is 0 Å². The van der Waals surface area contributed by atoms with Crippen LogP contribution in [0.1, 0.15) is 29.9 Å². The molecule has 1 N–H and O–H groups in total. The zero-order valence-corrected chi connectivity index (χ0v) is 11.6. The minimum Gasteiger partial charge on any atom is -0.350 e. The molecule has 90 valence electrons. The van der Waals surface area contributed by atoms with Gasteiger partial charge >= 0.3 is 0 Å². The van der Waals surface area contributed by atoms with Crippen molar-refractivity contribution in [3.63, 3.8) is 0 Å². The fourth-order valence-corrected chi connectivity index (χ4v) is 2.83. The van der Waals surface area contributed by atoms with Crippen LogP contribution in [-0.4, -0.2) is 17.8 Å². The lowest BCUT2D eigenvalue weighted by molar-refractivity contribution is 0.0957. The predicted octanol–water partition coefficient (Wildman–Crippen LogP) is 3.78. The Bertz CT molecular complexity index is 352. The van der Waals surface area contributed by atoms with Crippen molar-refractivity contribution < 1.29 is 4.79 Å². The average Bonchev–Trinajstić information content (AvgIpc) is 2.60. The van der Waals surface area contributed by atoms with Crippen LogP contribution in [-0.2, 0) is 0 Å². The van der Waals surface area contributed by atoms with E-state index in [9.17, 15) is 4.79 Å². The highest BCUT2D eigenvalue weighted by atomic mass is 35.5. The number of nitrogens with one attached hydrogen (secondary N) is 1. The molecule has 0 aromatic carbocycles. The molecule has 1 rings (SSSR count). The molecule has 0 saturated heterocycles. The third kappa shape index (κ3) is 4.32. The first-order chi connectivity index (χ1) is 7.50. The summed E-state index contributed by atoms with van der Waals surface area (Å²) in [6.45, 7) is 4.69. The van der Waals surface area contributed by atoms with Gasteiger partial charge in [-0.05, 0) is 23.8 Å². The van der Waals surface area contributed by atoms with Gasteiger partial charge in [0.2, 0.25) is 0 Å². The number of hydrogen-bond acceptors (Lipinski definition) is 2. The minimum absolute atomic E-state index is 0.0253. The van der Waals surface area contributed by atoms with Crippen molar-refractivity contribution in [2.24, 2.45) is 5.92 Å². The van der Waals surface area contributed by atoms with Crippen LogP contribution in [0.5, 0.6) is 0 Å². The number of rotatable bonds is 5. The smallest absolute Gasteiger partial charge is 0.262 e. The Labute approximate surface area is 110 Å². The van der Waals surface area contributed by atoms with Crippen molar-refractivity contribution in [2.75, 3.05) is 6.54 Å². The van der Waals surface area contributed by atoms with Crippen LogP contribution >= 0.6 is 34.5 Å². The van der Waals surface area contributed by atoms with Gasteiger partial charge in [0, 0.05) is 6.54 Å². The maximum Gasteiger partial charge on any atom is 0.262 e. The summed E-state index contributed by atoms with van der Waals surface area (Å²) in [5, 5.41) is 5.05. The Balaban J connectivity index is 2.39. The topological polar surface area (TPSA) is 29.1 Å². The Morgan fingerprint density at radius 2 is 2.25 bits per heavy atom. The van der Waals surface area contributed by atoms with E-state index in [0.29, 0.717) is 22.4 Å². The summed E-state index contributed by atoms with van der Waals surface area (Å²) >= 11 is 13.3. The second-order valence-corrected chi connectivity index (χ2v) is 5.98. The van der Waals surface area contributed by atoms with E-state index in [0.717, 1.165) is 6.42 Å². The summed E-state index contributed by atoms with van der Waals surface area (Å²) in [7, 11) is 0. The Morgan fingerprint density at radius 1 is 1.56 bits per heavy atom. The molecule has 0 aliphatic carbocycles. The molecule has 0 aliphatic heterocycles. The van der Waals surface area contributed by atoms with Crippen molar-refractivity contribution >= 4 is 40.4 Å². The van der Waals surface area contributed by atoms with E-state index in [1.54, 1.807) is 11.4 Å². The number of carbonyl (C=O) groups excluding carboxylic acids is 1. The highest BCUT2D eigenvalue weighted by Gasteiger charge is 2.13. The van der Waals surface area contributed by atoms with Crippen LogP contribution in [0, 0.1) is 5.92 Å². The van der Waals surface area contributed by atoms with E-state index in [-0.39, 0.29) is 11.3 Å². The van der Waals surface area contributed by atoms with Crippen LogP contribution in [0.3, 0.4) is 0 Å². The Kier molecular flexibility index (Phi) is 5.59. The van der Waals surface area contributed by atoms with Crippen molar-refractivity contribution in [1.82, 2.24) is 5.32 Å². The summed E-state index contributed by atoms with van der Waals surface area (Å²) < 4.78 is 0. The number of alkyl halides is 1. The molecule has 5 heteroatoms. The maximum atomic E-state index is 11.7. The zero-order chi connectivity index (χ0) is 12.1. The van der Waals surface area contributed by atoms with Crippen molar-refractivity contribution in [1.29, 1.82) is 0 Å². The second kappa shape index (κ2) is 6.48. The average molecular weight is 280 g/mol. The molecule has 0 radical (unpaired) electrons. The molecule has 1 heterocycles. The summed E-state index contributed by atoms with van der Waals surface area (Å²) in [4.78, 5) is 12.2. The fourth-order valence-electron chi connectivity index (χ4n) is 1.33. The largest absolute Gasteiger partial charge is 0.350 e. The van der Waals surface area contributed by atoms with Crippen molar-refractivity contribution in [3.8, 4) is 0 Å². The summed E-state index contributed by atoms with van der Waals surface area (Å²) in [5.41, 5.74) is 0. The van der Waals surface area contributed by atoms with E-state index < -0.39 is 0 Å². The van der Waals surface area contributed by atoms with Gasteiger partial charge in [-0.1, -0.05) is 25.4 Å². The van der Waals surface area contributed by atoms with Gasteiger partial charge in [0.25, 0.3) is 5.91 Å². The van der Waals surface area contributed by atoms with Crippen LogP contribution < -0.4 is 5.32 Å². The quantitative estimate of drug-likeness (QED) is 0.817. The highest BCUT2D eigenvalue weighted by molar-refractivity contribution is 7.12. The zero-order valence-electron chi connectivity index (χ0n) is 9.30. The summed E-state index contributed by atoms with van der Waals surface area (Å²) in [6, 6.07) is 1.72.